The molecule has 0 saturated carbocycles. The van der Waals surface area contributed by atoms with Gasteiger partial charge in [0.2, 0.25) is 3.92 Å². The van der Waals surface area contributed by atoms with E-state index in [0.717, 1.165) is 11.3 Å². The molecule has 1 nitrogen and oxygen atoms in total. The summed E-state index contributed by atoms with van der Waals surface area (Å²) in [5.74, 6) is 0.811. The number of ether oxygens (including phenoxy) is 1. The lowest BCUT2D eigenvalue weighted by Crippen LogP contribution is -1.98. The highest BCUT2D eigenvalue weighted by Gasteiger charge is 2.02. The molecule has 1 aromatic carbocycles. The molecule has 64 valence electrons. The third-order valence-electron chi connectivity index (χ3n) is 1.35. The quantitative estimate of drug-likeness (QED) is 0.770. The maximum absolute atomic E-state index is 5.40. The Kier molecular flexibility index (Phi) is 3.82. The minimum Gasteiger partial charge on any atom is -0.468 e. The van der Waals surface area contributed by atoms with Crippen LogP contribution in [0.15, 0.2) is 30.8 Å². The number of benzene rings is 1. The van der Waals surface area contributed by atoms with Crippen molar-refractivity contribution in [1.29, 1.82) is 0 Å². The lowest BCUT2D eigenvalue weighted by atomic mass is 10.2. The van der Waals surface area contributed by atoms with Crippen LogP contribution in [0.3, 0.4) is 0 Å². The molecular weight excluding hydrogens is 284 g/mol. The molecule has 0 N–H and O–H groups in total. The Hall–Kier alpha value is -0.280. The summed E-state index contributed by atoms with van der Waals surface area (Å²) in [7, 11) is 0. The summed E-state index contributed by atoms with van der Waals surface area (Å²) < 4.78 is 5.24. The van der Waals surface area contributed by atoms with Crippen LogP contribution < -0.4 is 4.74 Å². The van der Waals surface area contributed by atoms with E-state index in [0.29, 0.717) is 0 Å². The Morgan fingerprint density at radius 1 is 1.33 bits per heavy atom. The van der Waals surface area contributed by atoms with Crippen LogP contribution in [0.2, 0.25) is 0 Å². The molecular formula is C9H8Br2O. The van der Waals surface area contributed by atoms with Gasteiger partial charge in [0.05, 0.1) is 0 Å². The minimum absolute atomic E-state index is 0.161. The topological polar surface area (TPSA) is 9.23 Å². The van der Waals surface area contributed by atoms with Gasteiger partial charge in [0.15, 0.2) is 0 Å². The molecule has 0 spiro atoms. The fourth-order valence-electron chi connectivity index (χ4n) is 0.852. The van der Waals surface area contributed by atoms with Gasteiger partial charge in [-0.15, -0.1) is 0 Å². The molecule has 0 saturated heterocycles. The molecule has 0 amide bonds. The van der Waals surface area contributed by atoms with E-state index in [9.17, 15) is 0 Å². The van der Waals surface area contributed by atoms with Crippen molar-refractivity contribution < 1.29 is 4.74 Å². The Morgan fingerprint density at radius 2 is 2.00 bits per heavy atom. The van der Waals surface area contributed by atoms with Crippen LogP contribution in [-0.2, 0) is 0 Å². The Balaban J connectivity index is 2.89. The number of para-hydroxylation sites is 1. The van der Waals surface area contributed by atoms with Crippen molar-refractivity contribution >= 4 is 37.9 Å². The van der Waals surface area contributed by atoms with Crippen LogP contribution in [0.1, 0.15) is 5.56 Å². The van der Waals surface area contributed by atoms with Crippen molar-refractivity contribution in [2.75, 3.05) is 0 Å². The van der Waals surface area contributed by atoms with Gasteiger partial charge in [0, 0.05) is 5.56 Å². The average Bonchev–Trinajstić information content (AvgIpc) is 2.04. The average molecular weight is 292 g/mol. The van der Waals surface area contributed by atoms with Gasteiger partial charge in [0.25, 0.3) is 0 Å². The van der Waals surface area contributed by atoms with Crippen molar-refractivity contribution in [1.82, 2.24) is 0 Å². The van der Waals surface area contributed by atoms with Gasteiger partial charge >= 0.3 is 0 Å². The first-order valence-electron chi connectivity index (χ1n) is 3.40. The molecule has 1 rings (SSSR count). The van der Waals surface area contributed by atoms with Crippen molar-refractivity contribution in [2.24, 2.45) is 0 Å². The fraction of sp³-hybridized carbons (Fsp3) is 0.111. The molecule has 0 fully saturated rings. The van der Waals surface area contributed by atoms with E-state index >= 15 is 0 Å². The van der Waals surface area contributed by atoms with E-state index in [1.165, 1.54) is 0 Å². The summed E-state index contributed by atoms with van der Waals surface area (Å²) >= 11 is 6.47. The van der Waals surface area contributed by atoms with Gasteiger partial charge in [-0.05, 0) is 37.9 Å². The summed E-state index contributed by atoms with van der Waals surface area (Å²) in [6.07, 6.45) is 1.76. The Bertz CT molecular complexity index is 271. The molecule has 1 aromatic rings. The van der Waals surface area contributed by atoms with Gasteiger partial charge in [-0.1, -0.05) is 30.9 Å². The maximum Gasteiger partial charge on any atom is 0.207 e. The van der Waals surface area contributed by atoms with Gasteiger partial charge in [0.1, 0.15) is 5.75 Å². The normalized spacial score (nSPS) is 9.92. The second kappa shape index (κ2) is 4.67. The zero-order chi connectivity index (χ0) is 8.97. The lowest BCUT2D eigenvalue weighted by molar-refractivity contribution is 0.375. The first-order valence-corrected chi connectivity index (χ1v) is 5.23. The smallest absolute Gasteiger partial charge is 0.207 e. The Labute approximate surface area is 88.7 Å². The fourth-order valence-corrected chi connectivity index (χ4v) is 1.26. The summed E-state index contributed by atoms with van der Waals surface area (Å²) in [5.41, 5.74) is 0.987. The van der Waals surface area contributed by atoms with E-state index in [1.807, 2.05) is 24.3 Å². The van der Waals surface area contributed by atoms with E-state index in [-0.39, 0.29) is 3.92 Å². The van der Waals surface area contributed by atoms with Gasteiger partial charge in [-0.2, -0.15) is 0 Å². The number of hydrogen-bond acceptors (Lipinski definition) is 1. The predicted molar refractivity (Wildman–Crippen MR) is 58.8 cm³/mol. The van der Waals surface area contributed by atoms with E-state index in [1.54, 1.807) is 6.08 Å². The first kappa shape index (κ1) is 9.81. The first-order chi connectivity index (χ1) is 5.74. The monoisotopic (exact) mass is 290 g/mol. The van der Waals surface area contributed by atoms with E-state index in [2.05, 4.69) is 38.4 Å². The highest BCUT2D eigenvalue weighted by atomic mass is 79.9. The molecule has 0 radical (unpaired) electrons. The highest BCUT2D eigenvalue weighted by molar-refractivity contribution is 9.24. The van der Waals surface area contributed by atoms with Gasteiger partial charge < -0.3 is 4.74 Å². The van der Waals surface area contributed by atoms with Crippen LogP contribution in [-0.4, -0.2) is 3.92 Å². The lowest BCUT2D eigenvalue weighted by Gasteiger charge is -2.08. The second-order valence-electron chi connectivity index (χ2n) is 2.12. The summed E-state index contributed by atoms with van der Waals surface area (Å²) in [4.78, 5) is 0. The maximum atomic E-state index is 5.40. The Morgan fingerprint density at radius 3 is 2.58 bits per heavy atom. The van der Waals surface area contributed by atoms with Crippen molar-refractivity contribution in [3.8, 4) is 5.75 Å². The zero-order valence-corrected chi connectivity index (χ0v) is 9.51. The van der Waals surface area contributed by atoms with Gasteiger partial charge in [-0.3, -0.25) is 0 Å². The van der Waals surface area contributed by atoms with Crippen LogP contribution in [0, 0.1) is 0 Å². The van der Waals surface area contributed by atoms with Crippen LogP contribution in [0.4, 0.5) is 0 Å². The number of rotatable bonds is 3. The highest BCUT2D eigenvalue weighted by Crippen LogP contribution is 2.23. The molecule has 0 heterocycles. The summed E-state index contributed by atoms with van der Waals surface area (Å²) in [5, 5.41) is 0. The molecule has 0 aromatic heterocycles. The van der Waals surface area contributed by atoms with E-state index in [4.69, 9.17) is 4.74 Å². The van der Waals surface area contributed by atoms with Crippen molar-refractivity contribution in [3.05, 3.63) is 36.4 Å². The van der Waals surface area contributed by atoms with Crippen LogP contribution in [0.25, 0.3) is 6.08 Å². The van der Waals surface area contributed by atoms with Crippen LogP contribution in [0.5, 0.6) is 5.75 Å². The predicted octanol–water partition coefficient (Wildman–Crippen LogP) is 3.78. The molecule has 0 atom stereocenters. The van der Waals surface area contributed by atoms with Crippen molar-refractivity contribution in [3.63, 3.8) is 0 Å². The molecule has 12 heavy (non-hydrogen) atoms. The third-order valence-corrected chi connectivity index (χ3v) is 1.73. The summed E-state index contributed by atoms with van der Waals surface area (Å²) in [6, 6.07) is 7.71. The molecule has 0 bridgehead atoms. The standard InChI is InChI=1S/C9H8Br2O/c1-2-7-5-3-4-6-8(7)12-9(10)11/h2-6,9H,1H2. The summed E-state index contributed by atoms with van der Waals surface area (Å²) in [6.45, 7) is 3.69. The number of hydrogen-bond donors (Lipinski definition) is 0. The molecule has 0 aliphatic carbocycles. The van der Waals surface area contributed by atoms with Crippen LogP contribution >= 0.6 is 31.9 Å². The molecule has 0 unspecified atom stereocenters. The minimum atomic E-state index is -0.161. The third kappa shape index (κ3) is 2.64. The number of alkyl halides is 2. The molecule has 0 aliphatic heterocycles. The zero-order valence-electron chi connectivity index (χ0n) is 6.34. The van der Waals surface area contributed by atoms with E-state index < -0.39 is 0 Å². The van der Waals surface area contributed by atoms with Gasteiger partial charge in [-0.25, -0.2) is 0 Å². The SMILES string of the molecule is C=Cc1ccccc1OC(Br)Br. The number of halogens is 2. The molecule has 0 aliphatic rings. The second-order valence-corrected chi connectivity index (χ2v) is 5.01. The molecule has 3 heteroatoms. The van der Waals surface area contributed by atoms with Crippen molar-refractivity contribution in [2.45, 2.75) is 3.92 Å². The largest absolute Gasteiger partial charge is 0.468 e.